The number of rotatable bonds is 3. The molecule has 0 radical (unpaired) electrons. The average Bonchev–Trinajstić information content (AvgIpc) is 3.26. The van der Waals surface area contributed by atoms with Gasteiger partial charge in [0.25, 0.3) is 0 Å². The molecule has 1 heterocycles. The molecule has 1 aliphatic carbocycles. The SMILES string of the molecule is CC1(C(=O)Nc2ccc(F)c(C3CS(=O)C(C)(C)C(N)=N3)c2)CC1. The van der Waals surface area contributed by atoms with Crippen LogP contribution in [0.4, 0.5) is 10.1 Å². The molecule has 2 unspecified atom stereocenters. The molecular formula is C17H22FN3O2S. The Labute approximate surface area is 143 Å². The Morgan fingerprint density at radius 3 is 2.62 bits per heavy atom. The summed E-state index contributed by atoms with van der Waals surface area (Å²) in [5, 5.41) is 2.83. The minimum atomic E-state index is -1.25. The molecular weight excluding hydrogens is 329 g/mol. The van der Waals surface area contributed by atoms with Crippen molar-refractivity contribution in [3.05, 3.63) is 29.6 Å². The van der Waals surface area contributed by atoms with Crippen LogP contribution < -0.4 is 11.1 Å². The van der Waals surface area contributed by atoms with Crippen molar-refractivity contribution in [1.29, 1.82) is 0 Å². The summed E-state index contributed by atoms with van der Waals surface area (Å²) >= 11 is 0. The molecule has 3 rings (SSSR count). The number of amides is 1. The molecule has 2 atom stereocenters. The van der Waals surface area contributed by atoms with Gasteiger partial charge in [0.05, 0.1) is 16.5 Å². The summed E-state index contributed by atoms with van der Waals surface area (Å²) in [6.07, 6.45) is 1.73. The molecule has 2 aliphatic rings. The molecule has 5 nitrogen and oxygen atoms in total. The number of carbonyl (C=O) groups excluding carboxylic acids is 1. The van der Waals surface area contributed by atoms with E-state index in [2.05, 4.69) is 10.3 Å². The summed E-state index contributed by atoms with van der Waals surface area (Å²) in [6, 6.07) is 3.79. The number of benzene rings is 1. The highest BCUT2D eigenvalue weighted by Crippen LogP contribution is 2.45. The number of carbonyl (C=O) groups is 1. The van der Waals surface area contributed by atoms with E-state index in [0.29, 0.717) is 11.3 Å². The largest absolute Gasteiger partial charge is 0.386 e. The van der Waals surface area contributed by atoms with Crippen molar-refractivity contribution in [2.75, 3.05) is 11.1 Å². The third kappa shape index (κ3) is 2.97. The van der Waals surface area contributed by atoms with Crippen LogP contribution in [0.15, 0.2) is 23.2 Å². The van der Waals surface area contributed by atoms with E-state index in [4.69, 9.17) is 5.73 Å². The van der Waals surface area contributed by atoms with Crippen LogP contribution >= 0.6 is 0 Å². The zero-order chi connectivity index (χ0) is 17.7. The van der Waals surface area contributed by atoms with Crippen LogP contribution in [0.5, 0.6) is 0 Å². The maximum atomic E-state index is 14.3. The first-order valence-electron chi connectivity index (χ1n) is 7.97. The third-order valence-corrected chi connectivity index (χ3v) is 6.92. The van der Waals surface area contributed by atoms with Crippen molar-refractivity contribution in [3.63, 3.8) is 0 Å². The van der Waals surface area contributed by atoms with Gasteiger partial charge in [-0.1, -0.05) is 6.92 Å². The monoisotopic (exact) mass is 351 g/mol. The average molecular weight is 351 g/mol. The summed E-state index contributed by atoms with van der Waals surface area (Å²) in [6.45, 7) is 5.44. The van der Waals surface area contributed by atoms with Crippen LogP contribution in [0.25, 0.3) is 0 Å². The van der Waals surface area contributed by atoms with Crippen molar-refractivity contribution in [2.24, 2.45) is 16.1 Å². The first-order chi connectivity index (χ1) is 11.1. The fourth-order valence-corrected chi connectivity index (χ4v) is 3.81. The number of nitrogens with zero attached hydrogens (tertiary/aromatic N) is 1. The minimum Gasteiger partial charge on any atom is -0.386 e. The lowest BCUT2D eigenvalue weighted by Crippen LogP contribution is -2.47. The quantitative estimate of drug-likeness (QED) is 0.877. The van der Waals surface area contributed by atoms with Crippen LogP contribution in [0.3, 0.4) is 0 Å². The van der Waals surface area contributed by atoms with Gasteiger partial charge in [-0.25, -0.2) is 4.39 Å². The van der Waals surface area contributed by atoms with Gasteiger partial charge in [-0.05, 0) is 44.9 Å². The van der Waals surface area contributed by atoms with E-state index in [9.17, 15) is 13.4 Å². The normalized spacial score (nSPS) is 27.2. The Hall–Kier alpha value is -1.76. The number of hydrogen-bond donors (Lipinski definition) is 2. The number of amidine groups is 1. The van der Waals surface area contributed by atoms with Crippen LogP contribution in [0.2, 0.25) is 0 Å². The summed E-state index contributed by atoms with van der Waals surface area (Å²) in [4.78, 5) is 16.5. The molecule has 7 heteroatoms. The van der Waals surface area contributed by atoms with E-state index >= 15 is 0 Å². The Bertz CT molecular complexity index is 756. The summed E-state index contributed by atoms with van der Waals surface area (Å²) in [7, 11) is -1.25. The Balaban J connectivity index is 1.88. The first kappa shape index (κ1) is 17.1. The maximum Gasteiger partial charge on any atom is 0.230 e. The predicted octanol–water partition coefficient (Wildman–Crippen LogP) is 2.50. The van der Waals surface area contributed by atoms with Gasteiger partial charge in [-0.3, -0.25) is 14.0 Å². The summed E-state index contributed by atoms with van der Waals surface area (Å²) in [5.74, 6) is -0.0311. The Morgan fingerprint density at radius 1 is 1.38 bits per heavy atom. The number of hydrogen-bond acceptors (Lipinski definition) is 4. The Kier molecular flexibility index (Phi) is 4.02. The van der Waals surface area contributed by atoms with Gasteiger partial charge < -0.3 is 11.1 Å². The molecule has 3 N–H and O–H groups in total. The summed E-state index contributed by atoms with van der Waals surface area (Å²) < 4.78 is 25.9. The highest BCUT2D eigenvalue weighted by molar-refractivity contribution is 7.87. The fraction of sp³-hybridized carbons (Fsp3) is 0.529. The molecule has 24 heavy (non-hydrogen) atoms. The molecule has 1 saturated carbocycles. The van der Waals surface area contributed by atoms with Gasteiger partial charge in [0, 0.05) is 27.5 Å². The lowest BCUT2D eigenvalue weighted by Gasteiger charge is -2.31. The third-order valence-electron chi connectivity index (χ3n) is 4.95. The minimum absolute atomic E-state index is 0.0589. The van der Waals surface area contributed by atoms with Gasteiger partial charge in [0.1, 0.15) is 11.7 Å². The Morgan fingerprint density at radius 2 is 2.04 bits per heavy atom. The molecule has 0 aromatic heterocycles. The second-order valence-electron chi connectivity index (χ2n) is 7.30. The highest BCUT2D eigenvalue weighted by atomic mass is 32.2. The van der Waals surface area contributed by atoms with Gasteiger partial charge in [0.15, 0.2) is 0 Å². The molecule has 0 saturated heterocycles. The van der Waals surface area contributed by atoms with E-state index in [1.165, 1.54) is 12.1 Å². The van der Waals surface area contributed by atoms with E-state index in [-0.39, 0.29) is 22.9 Å². The predicted molar refractivity (Wildman–Crippen MR) is 93.8 cm³/mol. The van der Waals surface area contributed by atoms with Crippen LogP contribution in [-0.2, 0) is 15.6 Å². The van der Waals surface area contributed by atoms with Crippen molar-refractivity contribution in [2.45, 2.75) is 44.4 Å². The lowest BCUT2D eigenvalue weighted by atomic mass is 10.0. The van der Waals surface area contributed by atoms with Crippen molar-refractivity contribution in [1.82, 2.24) is 0 Å². The van der Waals surface area contributed by atoms with Gasteiger partial charge >= 0.3 is 0 Å². The maximum absolute atomic E-state index is 14.3. The van der Waals surface area contributed by atoms with Gasteiger partial charge in [0.2, 0.25) is 5.91 Å². The van der Waals surface area contributed by atoms with Crippen molar-refractivity contribution in [3.8, 4) is 0 Å². The molecule has 0 bridgehead atoms. The fourth-order valence-electron chi connectivity index (χ4n) is 2.56. The molecule has 130 valence electrons. The molecule has 1 amide bonds. The number of aliphatic imine (C=N–C) groups is 1. The van der Waals surface area contributed by atoms with E-state index in [0.717, 1.165) is 12.8 Å². The van der Waals surface area contributed by atoms with Crippen LogP contribution in [-0.4, -0.2) is 26.5 Å². The lowest BCUT2D eigenvalue weighted by molar-refractivity contribution is -0.120. The molecule has 1 aromatic rings. The second kappa shape index (κ2) is 5.65. The van der Waals surface area contributed by atoms with Crippen molar-refractivity contribution < 1.29 is 13.4 Å². The number of nitrogens with two attached hydrogens (primary N) is 1. The topological polar surface area (TPSA) is 84.5 Å². The van der Waals surface area contributed by atoms with Crippen molar-refractivity contribution >= 4 is 28.2 Å². The van der Waals surface area contributed by atoms with Gasteiger partial charge in [-0.15, -0.1) is 0 Å². The van der Waals surface area contributed by atoms with Crippen LogP contribution in [0.1, 0.15) is 45.2 Å². The van der Waals surface area contributed by atoms with Crippen LogP contribution in [0, 0.1) is 11.2 Å². The number of halogens is 1. The zero-order valence-corrected chi connectivity index (χ0v) is 14.9. The smallest absolute Gasteiger partial charge is 0.230 e. The number of anilines is 1. The van der Waals surface area contributed by atoms with E-state index in [1.54, 1.807) is 19.9 Å². The zero-order valence-electron chi connectivity index (χ0n) is 14.1. The second-order valence-corrected chi connectivity index (χ2v) is 9.35. The summed E-state index contributed by atoms with van der Waals surface area (Å²) in [5.41, 5.74) is 6.45. The molecule has 1 fully saturated rings. The van der Waals surface area contributed by atoms with E-state index < -0.39 is 27.4 Å². The molecule has 1 aromatic carbocycles. The number of nitrogens with one attached hydrogen (secondary N) is 1. The first-order valence-corrected chi connectivity index (χ1v) is 9.28. The molecule has 0 spiro atoms. The van der Waals surface area contributed by atoms with Gasteiger partial charge in [-0.2, -0.15) is 0 Å². The standard InChI is InChI=1S/C17H22FN3O2S/c1-16(2)14(19)21-13(9-24(16)23)11-8-10(4-5-12(11)18)20-15(22)17(3)6-7-17/h4-5,8,13H,6-7,9H2,1-3H3,(H2,19,21)(H,20,22). The molecule has 1 aliphatic heterocycles. The highest BCUT2D eigenvalue weighted by Gasteiger charge is 2.45. The van der Waals surface area contributed by atoms with E-state index in [1.807, 2.05) is 6.92 Å².